The van der Waals surface area contributed by atoms with Crippen molar-refractivity contribution in [3.05, 3.63) is 50.5 Å². The van der Waals surface area contributed by atoms with Crippen LogP contribution in [-0.4, -0.2) is 16.5 Å². The number of benzene rings is 1. The molecular formula is C14H14BrN3O3. The van der Waals surface area contributed by atoms with E-state index in [1.54, 1.807) is 12.1 Å². The standard InChI is InChI=1S/C14H14BrN3O3/c1-3-16-13-7-6-11(18(19)20)14(17-13)21-12-8-10(15)5-4-9(12)2/h4-8H,3H2,1-2H3,(H,16,17). The van der Waals surface area contributed by atoms with Crippen molar-refractivity contribution in [2.45, 2.75) is 13.8 Å². The van der Waals surface area contributed by atoms with Crippen LogP contribution in [-0.2, 0) is 0 Å². The first-order valence-electron chi connectivity index (χ1n) is 6.34. The molecule has 0 spiro atoms. The summed E-state index contributed by atoms with van der Waals surface area (Å²) in [7, 11) is 0. The van der Waals surface area contributed by atoms with E-state index in [1.807, 2.05) is 26.0 Å². The van der Waals surface area contributed by atoms with Crippen LogP contribution in [0.1, 0.15) is 12.5 Å². The van der Waals surface area contributed by atoms with Crippen LogP contribution in [0.25, 0.3) is 0 Å². The predicted octanol–water partition coefficient (Wildman–Crippen LogP) is 4.28. The molecule has 0 aliphatic heterocycles. The molecule has 0 aliphatic rings. The fourth-order valence-corrected chi connectivity index (χ4v) is 2.05. The van der Waals surface area contributed by atoms with Gasteiger partial charge in [0.2, 0.25) is 0 Å². The Bertz CT molecular complexity index is 677. The van der Waals surface area contributed by atoms with Gasteiger partial charge in [-0.3, -0.25) is 10.1 Å². The summed E-state index contributed by atoms with van der Waals surface area (Å²) in [5, 5.41) is 14.1. The van der Waals surface area contributed by atoms with Gasteiger partial charge in [-0.05, 0) is 37.6 Å². The molecule has 0 radical (unpaired) electrons. The summed E-state index contributed by atoms with van der Waals surface area (Å²) in [5.41, 5.74) is 0.694. The Labute approximate surface area is 130 Å². The van der Waals surface area contributed by atoms with Crippen molar-refractivity contribution in [1.82, 2.24) is 4.98 Å². The second-order valence-corrected chi connectivity index (χ2v) is 5.24. The fourth-order valence-electron chi connectivity index (χ4n) is 1.71. The number of nitro groups is 1. The van der Waals surface area contributed by atoms with Gasteiger partial charge in [0.1, 0.15) is 11.6 Å². The zero-order valence-electron chi connectivity index (χ0n) is 11.6. The molecule has 1 heterocycles. The quantitative estimate of drug-likeness (QED) is 0.642. The zero-order valence-corrected chi connectivity index (χ0v) is 13.2. The topological polar surface area (TPSA) is 77.3 Å². The molecule has 0 unspecified atom stereocenters. The van der Waals surface area contributed by atoms with Crippen molar-refractivity contribution in [3.63, 3.8) is 0 Å². The van der Waals surface area contributed by atoms with Gasteiger partial charge in [0, 0.05) is 17.1 Å². The Morgan fingerprint density at radius 3 is 2.81 bits per heavy atom. The van der Waals surface area contributed by atoms with Crippen LogP contribution < -0.4 is 10.1 Å². The molecule has 1 aromatic carbocycles. The Balaban J connectivity index is 2.43. The van der Waals surface area contributed by atoms with Crippen LogP contribution in [0.4, 0.5) is 11.5 Å². The summed E-state index contributed by atoms with van der Waals surface area (Å²) in [6, 6.07) is 8.43. The molecule has 2 rings (SSSR count). The van der Waals surface area contributed by atoms with E-state index in [1.165, 1.54) is 6.07 Å². The van der Waals surface area contributed by atoms with Crippen molar-refractivity contribution >= 4 is 27.4 Å². The molecule has 1 aromatic heterocycles. The third kappa shape index (κ3) is 3.69. The third-order valence-corrected chi connectivity index (χ3v) is 3.24. The second kappa shape index (κ2) is 6.53. The highest BCUT2D eigenvalue weighted by molar-refractivity contribution is 9.10. The Morgan fingerprint density at radius 2 is 2.14 bits per heavy atom. The molecule has 21 heavy (non-hydrogen) atoms. The average Bonchev–Trinajstić information content (AvgIpc) is 2.43. The van der Waals surface area contributed by atoms with E-state index in [0.717, 1.165) is 10.0 Å². The van der Waals surface area contributed by atoms with Gasteiger partial charge in [-0.25, -0.2) is 0 Å². The number of pyridine rings is 1. The summed E-state index contributed by atoms with van der Waals surface area (Å²) in [5.74, 6) is 1.03. The lowest BCUT2D eigenvalue weighted by Crippen LogP contribution is -2.02. The van der Waals surface area contributed by atoms with E-state index in [9.17, 15) is 10.1 Å². The minimum Gasteiger partial charge on any atom is -0.433 e. The minimum absolute atomic E-state index is 0.0281. The van der Waals surface area contributed by atoms with Crippen molar-refractivity contribution in [2.24, 2.45) is 0 Å². The molecule has 1 N–H and O–H groups in total. The minimum atomic E-state index is -0.509. The number of halogens is 1. The SMILES string of the molecule is CCNc1ccc([N+](=O)[O-])c(Oc2cc(Br)ccc2C)n1. The third-order valence-electron chi connectivity index (χ3n) is 2.75. The Morgan fingerprint density at radius 1 is 1.38 bits per heavy atom. The van der Waals surface area contributed by atoms with Gasteiger partial charge in [-0.2, -0.15) is 4.98 Å². The van der Waals surface area contributed by atoms with Crippen molar-refractivity contribution in [3.8, 4) is 11.6 Å². The number of nitrogens with one attached hydrogen (secondary N) is 1. The average molecular weight is 352 g/mol. The number of aryl methyl sites for hydroxylation is 1. The highest BCUT2D eigenvalue weighted by Gasteiger charge is 2.19. The molecule has 0 saturated heterocycles. The lowest BCUT2D eigenvalue weighted by atomic mass is 10.2. The molecule has 7 heteroatoms. The second-order valence-electron chi connectivity index (χ2n) is 4.32. The first-order valence-corrected chi connectivity index (χ1v) is 7.14. The van der Waals surface area contributed by atoms with Crippen molar-refractivity contribution in [2.75, 3.05) is 11.9 Å². The first-order chi connectivity index (χ1) is 10.0. The van der Waals surface area contributed by atoms with E-state index in [-0.39, 0.29) is 11.6 Å². The normalized spacial score (nSPS) is 10.2. The van der Waals surface area contributed by atoms with Crippen LogP contribution >= 0.6 is 15.9 Å². The number of anilines is 1. The maximum Gasteiger partial charge on any atom is 0.331 e. The molecule has 0 saturated carbocycles. The molecule has 0 bridgehead atoms. The maximum absolute atomic E-state index is 11.1. The Hall–Kier alpha value is -2.15. The molecule has 2 aromatic rings. The lowest BCUT2D eigenvalue weighted by Gasteiger charge is -2.10. The smallest absolute Gasteiger partial charge is 0.331 e. The number of aromatic nitrogens is 1. The highest BCUT2D eigenvalue weighted by atomic mass is 79.9. The van der Waals surface area contributed by atoms with Crippen LogP contribution in [0.5, 0.6) is 11.6 Å². The van der Waals surface area contributed by atoms with Gasteiger partial charge in [0.05, 0.1) is 4.92 Å². The summed E-state index contributed by atoms with van der Waals surface area (Å²) in [6.45, 7) is 4.45. The highest BCUT2D eigenvalue weighted by Crippen LogP contribution is 2.33. The van der Waals surface area contributed by atoms with Gasteiger partial charge >= 0.3 is 11.6 Å². The van der Waals surface area contributed by atoms with Gasteiger partial charge in [-0.15, -0.1) is 0 Å². The zero-order chi connectivity index (χ0) is 15.4. The number of hydrogen-bond donors (Lipinski definition) is 1. The summed E-state index contributed by atoms with van der Waals surface area (Å²) < 4.78 is 6.47. The molecule has 0 atom stereocenters. The summed E-state index contributed by atoms with van der Waals surface area (Å²) >= 11 is 3.35. The van der Waals surface area contributed by atoms with Crippen LogP contribution in [0, 0.1) is 17.0 Å². The largest absolute Gasteiger partial charge is 0.433 e. The van der Waals surface area contributed by atoms with E-state index in [0.29, 0.717) is 18.1 Å². The van der Waals surface area contributed by atoms with Gasteiger partial charge < -0.3 is 10.1 Å². The number of ether oxygens (including phenoxy) is 1. The van der Waals surface area contributed by atoms with Crippen LogP contribution in [0.3, 0.4) is 0 Å². The predicted molar refractivity (Wildman–Crippen MR) is 84.0 cm³/mol. The van der Waals surface area contributed by atoms with E-state index in [4.69, 9.17) is 4.74 Å². The summed E-state index contributed by atoms with van der Waals surface area (Å²) in [6.07, 6.45) is 0. The lowest BCUT2D eigenvalue weighted by molar-refractivity contribution is -0.386. The van der Waals surface area contributed by atoms with Gasteiger partial charge in [-0.1, -0.05) is 22.0 Å². The number of hydrogen-bond acceptors (Lipinski definition) is 5. The molecule has 0 aliphatic carbocycles. The monoisotopic (exact) mass is 351 g/mol. The number of rotatable bonds is 5. The van der Waals surface area contributed by atoms with Gasteiger partial charge in [0.15, 0.2) is 0 Å². The van der Waals surface area contributed by atoms with Crippen LogP contribution in [0.2, 0.25) is 0 Å². The van der Waals surface area contributed by atoms with Gasteiger partial charge in [0.25, 0.3) is 0 Å². The molecular weight excluding hydrogens is 338 g/mol. The fraction of sp³-hybridized carbons (Fsp3) is 0.214. The van der Waals surface area contributed by atoms with E-state index < -0.39 is 4.92 Å². The van der Waals surface area contributed by atoms with Crippen LogP contribution in [0.15, 0.2) is 34.8 Å². The molecule has 110 valence electrons. The van der Waals surface area contributed by atoms with Crippen molar-refractivity contribution in [1.29, 1.82) is 0 Å². The first kappa shape index (κ1) is 15.2. The molecule has 6 nitrogen and oxygen atoms in total. The van der Waals surface area contributed by atoms with E-state index >= 15 is 0 Å². The molecule has 0 amide bonds. The maximum atomic E-state index is 11.1. The van der Waals surface area contributed by atoms with E-state index in [2.05, 4.69) is 26.2 Å². The Kier molecular flexibility index (Phi) is 4.74. The number of nitrogens with zero attached hydrogens (tertiary/aromatic N) is 2. The van der Waals surface area contributed by atoms with Crippen molar-refractivity contribution < 1.29 is 9.66 Å². The molecule has 0 fully saturated rings. The summed E-state index contributed by atoms with van der Waals surface area (Å²) in [4.78, 5) is 14.7.